The Hall–Kier alpha value is -1.66. The van der Waals surface area contributed by atoms with E-state index in [1.165, 1.54) is 0 Å². The molecule has 0 amide bonds. The van der Waals surface area contributed by atoms with Crippen LogP contribution in [0.3, 0.4) is 0 Å². The van der Waals surface area contributed by atoms with Gasteiger partial charge in [0.2, 0.25) is 0 Å². The van der Waals surface area contributed by atoms with E-state index in [0.717, 1.165) is 5.56 Å². The van der Waals surface area contributed by atoms with Crippen LogP contribution in [0.2, 0.25) is 0 Å². The molecule has 0 fully saturated rings. The maximum absolute atomic E-state index is 9.64. The van der Waals surface area contributed by atoms with E-state index in [9.17, 15) is 5.11 Å². The second kappa shape index (κ2) is 6.93. The number of nitrogens with zero attached hydrogens (tertiary/aromatic N) is 2. The van der Waals surface area contributed by atoms with Crippen molar-refractivity contribution in [2.45, 2.75) is 26.5 Å². The van der Waals surface area contributed by atoms with Crippen molar-refractivity contribution < 1.29 is 10.3 Å². The van der Waals surface area contributed by atoms with Gasteiger partial charge in [-0.25, -0.2) is 0 Å². The molecule has 0 aromatic carbocycles. The predicted molar refractivity (Wildman–Crippen MR) is 69.3 cm³/mol. The highest BCUT2D eigenvalue weighted by Crippen LogP contribution is 2.03. The van der Waals surface area contributed by atoms with Crippen LogP contribution >= 0.6 is 0 Å². The maximum atomic E-state index is 9.64. The van der Waals surface area contributed by atoms with E-state index in [4.69, 9.17) is 10.9 Å². The first-order chi connectivity index (χ1) is 8.54. The highest BCUT2D eigenvalue weighted by Gasteiger charge is 2.08. The number of aliphatic hydroxyl groups is 1. The molecule has 0 spiro atoms. The third kappa shape index (κ3) is 4.31. The Kier molecular flexibility index (Phi) is 5.54. The van der Waals surface area contributed by atoms with Gasteiger partial charge < -0.3 is 21.4 Å². The number of rotatable bonds is 6. The molecule has 1 aromatic rings. The standard InChI is InChI=1S/C12H20N4O2/c1-8(2)11(17)7-14-6-9-3-4-15-10(5-9)12(13)16-18/h3-5,8,11,14,17-18H,6-7H2,1-2H3,(H2,13,16). The van der Waals surface area contributed by atoms with Gasteiger partial charge in [0, 0.05) is 19.3 Å². The fraction of sp³-hybridized carbons (Fsp3) is 0.500. The summed E-state index contributed by atoms with van der Waals surface area (Å²) in [5.74, 6) is 0.210. The zero-order valence-electron chi connectivity index (χ0n) is 10.7. The monoisotopic (exact) mass is 252 g/mol. The molecule has 1 heterocycles. The Balaban J connectivity index is 2.53. The van der Waals surface area contributed by atoms with Gasteiger partial charge in [0.1, 0.15) is 5.69 Å². The van der Waals surface area contributed by atoms with Gasteiger partial charge in [-0.05, 0) is 23.6 Å². The molecular formula is C12H20N4O2. The molecule has 5 N–H and O–H groups in total. The highest BCUT2D eigenvalue weighted by atomic mass is 16.4. The average molecular weight is 252 g/mol. The SMILES string of the molecule is CC(C)C(O)CNCc1ccnc(/C(N)=N/O)c1. The topological polar surface area (TPSA) is 104 Å². The second-order valence-electron chi connectivity index (χ2n) is 4.48. The zero-order chi connectivity index (χ0) is 13.5. The molecular weight excluding hydrogens is 232 g/mol. The van der Waals surface area contributed by atoms with Crippen LogP contribution in [-0.2, 0) is 6.54 Å². The van der Waals surface area contributed by atoms with Crippen molar-refractivity contribution >= 4 is 5.84 Å². The van der Waals surface area contributed by atoms with Crippen molar-refractivity contribution in [2.24, 2.45) is 16.8 Å². The first-order valence-corrected chi connectivity index (χ1v) is 5.86. The molecule has 0 radical (unpaired) electrons. The van der Waals surface area contributed by atoms with Crippen LogP contribution in [0.15, 0.2) is 23.5 Å². The fourth-order valence-electron chi connectivity index (χ4n) is 1.38. The Morgan fingerprint density at radius 3 is 2.89 bits per heavy atom. The minimum absolute atomic E-state index is 0.0148. The molecule has 0 aliphatic rings. The molecule has 0 saturated carbocycles. The predicted octanol–water partition coefficient (Wildman–Crippen LogP) is 0.283. The average Bonchev–Trinajstić information content (AvgIpc) is 2.37. The number of hydrogen-bond acceptors (Lipinski definition) is 5. The van der Waals surface area contributed by atoms with Crippen LogP contribution in [-0.4, -0.2) is 33.8 Å². The summed E-state index contributed by atoms with van der Waals surface area (Å²) in [4.78, 5) is 3.99. The summed E-state index contributed by atoms with van der Waals surface area (Å²) in [7, 11) is 0. The molecule has 6 nitrogen and oxygen atoms in total. The van der Waals surface area contributed by atoms with Crippen LogP contribution in [0, 0.1) is 5.92 Å². The van der Waals surface area contributed by atoms with Crippen LogP contribution in [0.5, 0.6) is 0 Å². The van der Waals surface area contributed by atoms with Gasteiger partial charge in [0.15, 0.2) is 5.84 Å². The van der Waals surface area contributed by atoms with E-state index < -0.39 is 0 Å². The molecule has 6 heteroatoms. The normalized spacial score (nSPS) is 13.9. The highest BCUT2D eigenvalue weighted by molar-refractivity contribution is 5.95. The summed E-state index contributed by atoms with van der Waals surface area (Å²) in [6.07, 6.45) is 1.24. The minimum Gasteiger partial charge on any atom is -0.409 e. The van der Waals surface area contributed by atoms with Gasteiger partial charge in [-0.3, -0.25) is 4.98 Å². The summed E-state index contributed by atoms with van der Waals surface area (Å²) in [5, 5.41) is 24.3. The molecule has 1 unspecified atom stereocenters. The van der Waals surface area contributed by atoms with E-state index in [-0.39, 0.29) is 17.9 Å². The molecule has 18 heavy (non-hydrogen) atoms. The number of nitrogens with two attached hydrogens (primary N) is 1. The van der Waals surface area contributed by atoms with Crippen molar-refractivity contribution in [1.29, 1.82) is 0 Å². The summed E-state index contributed by atoms with van der Waals surface area (Å²) in [6.45, 7) is 5.06. The quantitative estimate of drug-likeness (QED) is 0.252. The Labute approximate surface area is 107 Å². The summed E-state index contributed by atoms with van der Waals surface area (Å²) in [6, 6.07) is 3.58. The maximum Gasteiger partial charge on any atom is 0.188 e. The number of nitrogens with one attached hydrogen (secondary N) is 1. The Bertz CT molecular complexity index is 407. The smallest absolute Gasteiger partial charge is 0.188 e. The molecule has 100 valence electrons. The van der Waals surface area contributed by atoms with Crippen LogP contribution < -0.4 is 11.1 Å². The number of oxime groups is 1. The van der Waals surface area contributed by atoms with E-state index >= 15 is 0 Å². The van der Waals surface area contributed by atoms with Crippen molar-refractivity contribution in [1.82, 2.24) is 10.3 Å². The van der Waals surface area contributed by atoms with Gasteiger partial charge in [-0.15, -0.1) is 0 Å². The lowest BCUT2D eigenvalue weighted by Gasteiger charge is -2.15. The molecule has 1 rings (SSSR count). The zero-order valence-corrected chi connectivity index (χ0v) is 10.7. The molecule has 0 aliphatic heterocycles. The summed E-state index contributed by atoms with van der Waals surface area (Å²) < 4.78 is 0. The van der Waals surface area contributed by atoms with Crippen molar-refractivity contribution in [3.8, 4) is 0 Å². The number of aromatic nitrogens is 1. The van der Waals surface area contributed by atoms with E-state index in [1.807, 2.05) is 19.9 Å². The van der Waals surface area contributed by atoms with E-state index in [0.29, 0.717) is 18.8 Å². The molecule has 0 bridgehead atoms. The Morgan fingerprint density at radius 1 is 1.56 bits per heavy atom. The van der Waals surface area contributed by atoms with Crippen molar-refractivity contribution in [3.63, 3.8) is 0 Å². The number of pyridine rings is 1. The fourth-order valence-corrected chi connectivity index (χ4v) is 1.38. The lowest BCUT2D eigenvalue weighted by molar-refractivity contribution is 0.123. The minimum atomic E-state index is -0.365. The second-order valence-corrected chi connectivity index (χ2v) is 4.48. The van der Waals surface area contributed by atoms with Crippen molar-refractivity contribution in [3.05, 3.63) is 29.6 Å². The van der Waals surface area contributed by atoms with E-state index in [1.54, 1.807) is 12.3 Å². The molecule has 1 atom stereocenters. The third-order valence-electron chi connectivity index (χ3n) is 2.65. The lowest BCUT2D eigenvalue weighted by atomic mass is 10.1. The largest absolute Gasteiger partial charge is 0.409 e. The van der Waals surface area contributed by atoms with Gasteiger partial charge in [0.05, 0.1) is 6.10 Å². The summed E-state index contributed by atoms with van der Waals surface area (Å²) in [5.41, 5.74) is 6.85. The summed E-state index contributed by atoms with van der Waals surface area (Å²) >= 11 is 0. The van der Waals surface area contributed by atoms with Crippen LogP contribution in [0.1, 0.15) is 25.1 Å². The number of amidine groups is 1. The first-order valence-electron chi connectivity index (χ1n) is 5.86. The third-order valence-corrected chi connectivity index (χ3v) is 2.65. The van der Waals surface area contributed by atoms with Gasteiger partial charge in [-0.1, -0.05) is 19.0 Å². The van der Waals surface area contributed by atoms with Crippen LogP contribution in [0.4, 0.5) is 0 Å². The van der Waals surface area contributed by atoms with Gasteiger partial charge in [-0.2, -0.15) is 0 Å². The first kappa shape index (κ1) is 14.4. The van der Waals surface area contributed by atoms with Gasteiger partial charge in [0.25, 0.3) is 0 Å². The Morgan fingerprint density at radius 2 is 2.28 bits per heavy atom. The van der Waals surface area contributed by atoms with Crippen molar-refractivity contribution in [2.75, 3.05) is 6.54 Å². The molecule has 1 aromatic heterocycles. The van der Waals surface area contributed by atoms with Crippen LogP contribution in [0.25, 0.3) is 0 Å². The number of hydrogen-bond donors (Lipinski definition) is 4. The molecule has 0 aliphatic carbocycles. The lowest BCUT2D eigenvalue weighted by Crippen LogP contribution is -2.30. The molecule has 0 saturated heterocycles. The van der Waals surface area contributed by atoms with E-state index in [2.05, 4.69) is 15.5 Å². The number of aliphatic hydroxyl groups excluding tert-OH is 1. The van der Waals surface area contributed by atoms with Gasteiger partial charge >= 0.3 is 0 Å².